The van der Waals surface area contributed by atoms with Crippen molar-refractivity contribution in [3.05, 3.63) is 59.7 Å². The van der Waals surface area contributed by atoms with E-state index in [1.807, 2.05) is 6.92 Å². The maximum absolute atomic E-state index is 13.0. The number of amides is 1. The summed E-state index contributed by atoms with van der Waals surface area (Å²) in [4.78, 5) is 24.7. The molecular formula is C21H24N2O5S. The Morgan fingerprint density at radius 3 is 2.38 bits per heavy atom. The van der Waals surface area contributed by atoms with E-state index in [4.69, 9.17) is 4.74 Å². The van der Waals surface area contributed by atoms with Gasteiger partial charge in [-0.1, -0.05) is 17.7 Å². The van der Waals surface area contributed by atoms with E-state index in [0.717, 1.165) is 5.56 Å². The van der Waals surface area contributed by atoms with Crippen LogP contribution in [0.25, 0.3) is 0 Å². The first-order valence-electron chi connectivity index (χ1n) is 9.49. The van der Waals surface area contributed by atoms with Gasteiger partial charge in [-0.2, -0.15) is 4.31 Å². The van der Waals surface area contributed by atoms with Crippen molar-refractivity contribution < 1.29 is 22.7 Å². The maximum atomic E-state index is 13.0. The summed E-state index contributed by atoms with van der Waals surface area (Å²) in [5.74, 6) is -0.821. The van der Waals surface area contributed by atoms with E-state index >= 15 is 0 Å². The maximum Gasteiger partial charge on any atom is 0.338 e. The van der Waals surface area contributed by atoms with Gasteiger partial charge in [0.2, 0.25) is 15.9 Å². The Morgan fingerprint density at radius 2 is 1.76 bits per heavy atom. The number of rotatable bonds is 6. The third-order valence-corrected chi connectivity index (χ3v) is 6.72. The first-order valence-corrected chi connectivity index (χ1v) is 10.9. The van der Waals surface area contributed by atoms with Gasteiger partial charge in [0.1, 0.15) is 6.04 Å². The molecule has 0 unspecified atom stereocenters. The molecule has 1 heterocycles. The Labute approximate surface area is 170 Å². The van der Waals surface area contributed by atoms with Crippen LogP contribution in [0.3, 0.4) is 0 Å². The topological polar surface area (TPSA) is 92.8 Å². The molecular weight excluding hydrogens is 392 g/mol. The second kappa shape index (κ2) is 8.75. The molecule has 0 aliphatic carbocycles. The van der Waals surface area contributed by atoms with Gasteiger partial charge in [0.25, 0.3) is 0 Å². The van der Waals surface area contributed by atoms with Gasteiger partial charge in [-0.25, -0.2) is 13.2 Å². The zero-order chi connectivity index (χ0) is 21.0. The molecule has 1 aliphatic rings. The van der Waals surface area contributed by atoms with Gasteiger partial charge in [0.05, 0.1) is 17.1 Å². The highest BCUT2D eigenvalue weighted by molar-refractivity contribution is 7.89. The second-order valence-electron chi connectivity index (χ2n) is 6.87. The largest absolute Gasteiger partial charge is 0.462 e. The van der Waals surface area contributed by atoms with Gasteiger partial charge in [0.15, 0.2) is 0 Å². The zero-order valence-electron chi connectivity index (χ0n) is 16.4. The molecule has 0 saturated carbocycles. The van der Waals surface area contributed by atoms with Crippen LogP contribution in [-0.4, -0.2) is 43.8 Å². The quantitative estimate of drug-likeness (QED) is 0.731. The molecule has 1 saturated heterocycles. The number of aryl methyl sites for hydroxylation is 1. The highest BCUT2D eigenvalue weighted by Gasteiger charge is 2.39. The number of esters is 1. The lowest BCUT2D eigenvalue weighted by Crippen LogP contribution is -2.43. The molecule has 1 amide bonds. The minimum absolute atomic E-state index is 0.182. The van der Waals surface area contributed by atoms with Crippen molar-refractivity contribution in [2.24, 2.45) is 0 Å². The summed E-state index contributed by atoms with van der Waals surface area (Å²) in [6, 6.07) is 12.1. The van der Waals surface area contributed by atoms with Crippen molar-refractivity contribution in [1.29, 1.82) is 0 Å². The predicted octanol–water partition coefficient (Wildman–Crippen LogP) is 2.96. The Hall–Kier alpha value is -2.71. The molecule has 0 bridgehead atoms. The van der Waals surface area contributed by atoms with Crippen molar-refractivity contribution in [3.63, 3.8) is 0 Å². The summed E-state index contributed by atoms with van der Waals surface area (Å²) in [6.07, 6.45) is 1.07. The van der Waals surface area contributed by atoms with Gasteiger partial charge >= 0.3 is 5.97 Å². The van der Waals surface area contributed by atoms with Crippen LogP contribution in [0.1, 0.15) is 35.7 Å². The summed E-state index contributed by atoms with van der Waals surface area (Å²) in [6.45, 7) is 4.20. The fourth-order valence-electron chi connectivity index (χ4n) is 3.27. The average Bonchev–Trinajstić information content (AvgIpc) is 3.20. The van der Waals surface area contributed by atoms with Crippen molar-refractivity contribution in [1.82, 2.24) is 4.31 Å². The van der Waals surface area contributed by atoms with E-state index in [1.54, 1.807) is 55.5 Å². The Balaban J connectivity index is 1.73. The number of nitrogens with zero attached hydrogens (tertiary/aromatic N) is 1. The van der Waals surface area contributed by atoms with E-state index in [0.29, 0.717) is 30.6 Å². The number of anilines is 1. The predicted molar refractivity (Wildman–Crippen MR) is 109 cm³/mol. The highest BCUT2D eigenvalue weighted by atomic mass is 32.2. The monoisotopic (exact) mass is 416 g/mol. The van der Waals surface area contributed by atoms with Crippen molar-refractivity contribution in [3.8, 4) is 0 Å². The summed E-state index contributed by atoms with van der Waals surface area (Å²) in [5.41, 5.74) is 1.84. The summed E-state index contributed by atoms with van der Waals surface area (Å²) in [5, 5.41) is 2.75. The highest BCUT2D eigenvalue weighted by Crippen LogP contribution is 2.27. The van der Waals surface area contributed by atoms with Crippen LogP contribution < -0.4 is 5.32 Å². The fourth-order valence-corrected chi connectivity index (χ4v) is 4.92. The van der Waals surface area contributed by atoms with Crippen LogP contribution in [0.2, 0.25) is 0 Å². The standard InChI is InChI=1S/C21H24N2O5S/c1-3-28-21(25)16-8-10-17(11-9-16)22-20(24)19-5-4-14-23(19)29(26,27)18-12-6-15(2)7-13-18/h6-13,19H,3-5,14H2,1-2H3,(H,22,24)/t19-/m0/s1. The Morgan fingerprint density at radius 1 is 1.10 bits per heavy atom. The number of carbonyl (C=O) groups is 2. The normalized spacial score (nSPS) is 17.1. The lowest BCUT2D eigenvalue weighted by Gasteiger charge is -2.23. The third kappa shape index (κ3) is 4.65. The zero-order valence-corrected chi connectivity index (χ0v) is 17.2. The van der Waals surface area contributed by atoms with Crippen LogP contribution in [0.4, 0.5) is 5.69 Å². The Kier molecular flexibility index (Phi) is 6.34. The molecule has 1 atom stereocenters. The van der Waals surface area contributed by atoms with E-state index in [1.165, 1.54) is 4.31 Å². The van der Waals surface area contributed by atoms with Gasteiger partial charge in [0, 0.05) is 12.2 Å². The fraction of sp³-hybridized carbons (Fsp3) is 0.333. The van der Waals surface area contributed by atoms with Gasteiger partial charge < -0.3 is 10.1 Å². The number of sulfonamides is 1. The SMILES string of the molecule is CCOC(=O)c1ccc(NC(=O)[C@@H]2CCCN2S(=O)(=O)c2ccc(C)cc2)cc1. The molecule has 0 aromatic heterocycles. The second-order valence-corrected chi connectivity index (χ2v) is 8.76. The number of carbonyl (C=O) groups excluding carboxylic acids is 2. The number of hydrogen-bond acceptors (Lipinski definition) is 5. The smallest absolute Gasteiger partial charge is 0.338 e. The van der Waals surface area contributed by atoms with Gasteiger partial charge in [-0.15, -0.1) is 0 Å². The molecule has 8 heteroatoms. The molecule has 1 aliphatic heterocycles. The molecule has 1 fully saturated rings. The molecule has 0 radical (unpaired) electrons. The first-order chi connectivity index (χ1) is 13.8. The van der Waals surface area contributed by atoms with Crippen molar-refractivity contribution in [2.45, 2.75) is 37.6 Å². The number of nitrogens with one attached hydrogen (secondary N) is 1. The third-order valence-electron chi connectivity index (χ3n) is 4.80. The van der Waals surface area contributed by atoms with Crippen molar-refractivity contribution in [2.75, 3.05) is 18.5 Å². The summed E-state index contributed by atoms with van der Waals surface area (Å²) < 4.78 is 32.2. The molecule has 29 heavy (non-hydrogen) atoms. The average molecular weight is 416 g/mol. The molecule has 3 rings (SSSR count). The van der Waals surface area contributed by atoms with Crippen LogP contribution in [0.15, 0.2) is 53.4 Å². The van der Waals surface area contributed by atoms with Crippen LogP contribution in [-0.2, 0) is 19.6 Å². The Bertz CT molecular complexity index is 985. The molecule has 2 aromatic rings. The first kappa shape index (κ1) is 21.0. The van der Waals surface area contributed by atoms with Crippen molar-refractivity contribution >= 4 is 27.6 Å². The number of hydrogen-bond donors (Lipinski definition) is 1. The van der Waals surface area contributed by atoms with E-state index in [9.17, 15) is 18.0 Å². The van der Waals surface area contributed by atoms with Crippen LogP contribution in [0, 0.1) is 6.92 Å². The summed E-state index contributed by atoms with van der Waals surface area (Å²) in [7, 11) is -3.75. The molecule has 2 aromatic carbocycles. The molecule has 1 N–H and O–H groups in total. The molecule has 0 spiro atoms. The lowest BCUT2D eigenvalue weighted by atomic mass is 10.2. The molecule has 7 nitrogen and oxygen atoms in total. The van der Waals surface area contributed by atoms with Crippen LogP contribution >= 0.6 is 0 Å². The minimum atomic E-state index is -3.75. The molecule has 154 valence electrons. The van der Waals surface area contributed by atoms with E-state index in [-0.39, 0.29) is 17.4 Å². The number of ether oxygens (including phenoxy) is 1. The number of benzene rings is 2. The minimum Gasteiger partial charge on any atom is -0.462 e. The summed E-state index contributed by atoms with van der Waals surface area (Å²) >= 11 is 0. The van der Waals surface area contributed by atoms with Gasteiger partial charge in [-0.05, 0) is 63.1 Å². The van der Waals surface area contributed by atoms with Gasteiger partial charge in [-0.3, -0.25) is 4.79 Å². The lowest BCUT2D eigenvalue weighted by molar-refractivity contribution is -0.119. The van der Waals surface area contributed by atoms with E-state index < -0.39 is 22.0 Å². The van der Waals surface area contributed by atoms with E-state index in [2.05, 4.69) is 5.32 Å². The van der Waals surface area contributed by atoms with Crippen LogP contribution in [0.5, 0.6) is 0 Å².